The second kappa shape index (κ2) is 8.78. The summed E-state index contributed by atoms with van der Waals surface area (Å²) < 4.78 is 0. The summed E-state index contributed by atoms with van der Waals surface area (Å²) in [7, 11) is 0. The molecule has 116 valence electrons. The molecule has 0 bridgehead atoms. The highest BCUT2D eigenvalue weighted by atomic mass is 15.1. The fraction of sp³-hybridized carbons (Fsp3) is 0.182. The monoisotopic (exact) mass is 301 g/mol. The van der Waals surface area contributed by atoms with Gasteiger partial charge in [-0.1, -0.05) is 72.0 Å². The van der Waals surface area contributed by atoms with Crippen LogP contribution in [-0.2, 0) is 0 Å². The molecule has 1 heteroatoms. The molecular weight excluding hydrogens is 278 g/mol. The minimum Gasteiger partial charge on any atom is -0.279 e. The van der Waals surface area contributed by atoms with Crippen LogP contribution in [0.3, 0.4) is 0 Å². The Balaban J connectivity index is 2.37. The van der Waals surface area contributed by atoms with Crippen molar-refractivity contribution >= 4 is 0 Å². The lowest BCUT2D eigenvalue weighted by molar-refractivity contribution is 0.293. The molecule has 0 N–H and O–H groups in total. The second-order valence-corrected chi connectivity index (χ2v) is 5.48. The molecule has 1 atom stereocenters. The summed E-state index contributed by atoms with van der Waals surface area (Å²) in [6, 6.07) is 18.7. The van der Waals surface area contributed by atoms with Gasteiger partial charge in [-0.2, -0.15) is 0 Å². The Kier molecular flexibility index (Phi) is 6.41. The van der Waals surface area contributed by atoms with Crippen LogP contribution in [0.5, 0.6) is 0 Å². The van der Waals surface area contributed by atoms with E-state index in [4.69, 9.17) is 0 Å². The quantitative estimate of drug-likeness (QED) is 0.549. The number of hydrogen-bond donors (Lipinski definition) is 0. The average molecular weight is 301 g/mol. The van der Waals surface area contributed by atoms with E-state index in [9.17, 15) is 0 Å². The third-order valence-electron chi connectivity index (χ3n) is 3.61. The van der Waals surface area contributed by atoms with Crippen molar-refractivity contribution in [3.8, 4) is 11.8 Å². The molecule has 2 aromatic carbocycles. The van der Waals surface area contributed by atoms with E-state index in [2.05, 4.69) is 61.1 Å². The van der Waals surface area contributed by atoms with Crippen LogP contribution < -0.4 is 0 Å². The van der Waals surface area contributed by atoms with Crippen molar-refractivity contribution in [2.24, 2.45) is 0 Å². The minimum atomic E-state index is 0.0202. The average Bonchev–Trinajstić information content (AvgIpc) is 2.58. The SMILES string of the molecule is C=CCN(CC=C)C(C#Cc1ccccc1)c1ccc(C)cc1. The van der Waals surface area contributed by atoms with E-state index >= 15 is 0 Å². The van der Waals surface area contributed by atoms with Gasteiger partial charge < -0.3 is 0 Å². The summed E-state index contributed by atoms with van der Waals surface area (Å²) >= 11 is 0. The lowest BCUT2D eigenvalue weighted by Crippen LogP contribution is -2.28. The van der Waals surface area contributed by atoms with Gasteiger partial charge in [0, 0.05) is 18.7 Å². The van der Waals surface area contributed by atoms with Gasteiger partial charge in [0.1, 0.15) is 0 Å². The Morgan fingerprint density at radius 2 is 1.57 bits per heavy atom. The first kappa shape index (κ1) is 16.8. The van der Waals surface area contributed by atoms with Crippen LogP contribution in [0.15, 0.2) is 79.9 Å². The number of aryl methyl sites for hydroxylation is 1. The van der Waals surface area contributed by atoms with Crippen molar-refractivity contribution in [3.05, 3.63) is 96.6 Å². The van der Waals surface area contributed by atoms with Gasteiger partial charge in [0.05, 0.1) is 6.04 Å². The molecule has 2 rings (SSSR count). The van der Waals surface area contributed by atoms with Gasteiger partial charge in [0.2, 0.25) is 0 Å². The summed E-state index contributed by atoms with van der Waals surface area (Å²) in [4.78, 5) is 2.26. The molecule has 2 aromatic rings. The zero-order chi connectivity index (χ0) is 16.5. The maximum Gasteiger partial charge on any atom is 0.0979 e. The van der Waals surface area contributed by atoms with Gasteiger partial charge in [0.25, 0.3) is 0 Å². The van der Waals surface area contributed by atoms with Crippen molar-refractivity contribution in [1.82, 2.24) is 4.90 Å². The summed E-state index contributed by atoms with van der Waals surface area (Å²) in [6.07, 6.45) is 3.82. The Hall–Kier alpha value is -2.56. The Morgan fingerprint density at radius 3 is 2.13 bits per heavy atom. The molecule has 0 aromatic heterocycles. The zero-order valence-electron chi connectivity index (χ0n) is 13.7. The van der Waals surface area contributed by atoms with E-state index in [-0.39, 0.29) is 6.04 Å². The number of rotatable bonds is 6. The van der Waals surface area contributed by atoms with Crippen LogP contribution in [0.2, 0.25) is 0 Å². The van der Waals surface area contributed by atoms with E-state index in [0.717, 1.165) is 18.7 Å². The molecule has 1 unspecified atom stereocenters. The highest BCUT2D eigenvalue weighted by molar-refractivity contribution is 5.38. The fourth-order valence-corrected chi connectivity index (χ4v) is 2.42. The van der Waals surface area contributed by atoms with Crippen LogP contribution in [0.1, 0.15) is 22.7 Å². The van der Waals surface area contributed by atoms with E-state index < -0.39 is 0 Å². The van der Waals surface area contributed by atoms with E-state index in [1.807, 2.05) is 42.5 Å². The van der Waals surface area contributed by atoms with Crippen molar-refractivity contribution in [2.45, 2.75) is 13.0 Å². The van der Waals surface area contributed by atoms with Gasteiger partial charge in [-0.25, -0.2) is 0 Å². The summed E-state index contributed by atoms with van der Waals surface area (Å²) in [5.41, 5.74) is 3.48. The third-order valence-corrected chi connectivity index (χ3v) is 3.61. The number of benzene rings is 2. The van der Waals surface area contributed by atoms with Gasteiger partial charge in [0.15, 0.2) is 0 Å². The first-order chi connectivity index (χ1) is 11.2. The molecular formula is C22H23N. The lowest BCUT2D eigenvalue weighted by atomic mass is 10.0. The zero-order valence-corrected chi connectivity index (χ0v) is 13.7. The first-order valence-electron chi connectivity index (χ1n) is 7.83. The molecule has 0 spiro atoms. The van der Waals surface area contributed by atoms with Crippen molar-refractivity contribution < 1.29 is 0 Å². The van der Waals surface area contributed by atoms with E-state index in [0.29, 0.717) is 0 Å². The van der Waals surface area contributed by atoms with Gasteiger partial charge in [-0.05, 0) is 24.6 Å². The molecule has 0 saturated carbocycles. The molecule has 23 heavy (non-hydrogen) atoms. The molecule has 0 saturated heterocycles. The third kappa shape index (κ3) is 4.98. The second-order valence-electron chi connectivity index (χ2n) is 5.48. The molecule has 0 aliphatic rings. The highest BCUT2D eigenvalue weighted by Crippen LogP contribution is 2.21. The predicted octanol–water partition coefficient (Wildman–Crippen LogP) is 4.76. The van der Waals surface area contributed by atoms with Gasteiger partial charge in [-0.15, -0.1) is 13.2 Å². The van der Waals surface area contributed by atoms with Crippen LogP contribution in [0, 0.1) is 18.8 Å². The van der Waals surface area contributed by atoms with Crippen molar-refractivity contribution in [1.29, 1.82) is 0 Å². The largest absolute Gasteiger partial charge is 0.279 e. The van der Waals surface area contributed by atoms with E-state index in [1.165, 1.54) is 11.1 Å². The lowest BCUT2D eigenvalue weighted by Gasteiger charge is -2.26. The Bertz CT molecular complexity index is 676. The van der Waals surface area contributed by atoms with Crippen molar-refractivity contribution in [3.63, 3.8) is 0 Å². The summed E-state index contributed by atoms with van der Waals surface area (Å²) in [5.74, 6) is 6.72. The summed E-state index contributed by atoms with van der Waals surface area (Å²) in [5, 5.41) is 0. The van der Waals surface area contributed by atoms with Crippen LogP contribution in [-0.4, -0.2) is 18.0 Å². The Labute approximate surface area is 140 Å². The molecule has 0 amide bonds. The molecule has 0 aliphatic heterocycles. The standard InChI is InChI=1S/C22H23N/c1-4-17-23(18-5-2)22(21-14-11-19(3)12-15-21)16-13-20-9-7-6-8-10-20/h4-12,14-15,22H,1-2,17-18H2,3H3. The maximum absolute atomic E-state index is 3.87. The number of hydrogen-bond acceptors (Lipinski definition) is 1. The predicted molar refractivity (Wildman–Crippen MR) is 99.2 cm³/mol. The normalized spacial score (nSPS) is 11.4. The van der Waals surface area contributed by atoms with Gasteiger partial charge >= 0.3 is 0 Å². The van der Waals surface area contributed by atoms with Crippen LogP contribution >= 0.6 is 0 Å². The smallest absolute Gasteiger partial charge is 0.0979 e. The van der Waals surface area contributed by atoms with Gasteiger partial charge in [-0.3, -0.25) is 4.90 Å². The topological polar surface area (TPSA) is 3.24 Å². The minimum absolute atomic E-state index is 0.0202. The molecule has 0 radical (unpaired) electrons. The summed E-state index contributed by atoms with van der Waals surface area (Å²) in [6.45, 7) is 11.4. The fourth-order valence-electron chi connectivity index (χ4n) is 2.42. The number of nitrogens with zero attached hydrogens (tertiary/aromatic N) is 1. The maximum atomic E-state index is 3.87. The van der Waals surface area contributed by atoms with Crippen LogP contribution in [0.4, 0.5) is 0 Å². The molecule has 1 nitrogen and oxygen atoms in total. The van der Waals surface area contributed by atoms with Crippen LogP contribution in [0.25, 0.3) is 0 Å². The van der Waals surface area contributed by atoms with Crippen molar-refractivity contribution in [2.75, 3.05) is 13.1 Å². The Morgan fingerprint density at radius 1 is 0.957 bits per heavy atom. The van der Waals surface area contributed by atoms with E-state index in [1.54, 1.807) is 0 Å². The first-order valence-corrected chi connectivity index (χ1v) is 7.83. The molecule has 0 heterocycles. The highest BCUT2D eigenvalue weighted by Gasteiger charge is 2.16. The molecule has 0 aliphatic carbocycles. The molecule has 0 fully saturated rings.